The van der Waals surface area contributed by atoms with Crippen molar-refractivity contribution >= 4 is 27.5 Å². The third kappa shape index (κ3) is 5.58. The summed E-state index contributed by atoms with van der Waals surface area (Å²) < 4.78 is 41.6. The van der Waals surface area contributed by atoms with E-state index < -0.39 is 15.8 Å². The summed E-state index contributed by atoms with van der Waals surface area (Å²) in [6.45, 7) is 2.54. The Hall–Kier alpha value is -2.94. The molecule has 0 bridgehead atoms. The first-order valence-electron chi connectivity index (χ1n) is 11.8. The first-order chi connectivity index (χ1) is 16.3. The highest BCUT2D eigenvalue weighted by atomic mass is 32.2. The fraction of sp³-hybridized carbons (Fsp3) is 0.440. The van der Waals surface area contributed by atoms with Gasteiger partial charge in [-0.2, -0.15) is 0 Å². The maximum absolute atomic E-state index is 13.9. The number of carbonyl (C=O) groups is 2. The molecule has 2 heterocycles. The van der Waals surface area contributed by atoms with E-state index in [4.69, 9.17) is 0 Å². The average Bonchev–Trinajstić information content (AvgIpc) is 3.14. The third-order valence-corrected chi connectivity index (χ3v) is 7.92. The van der Waals surface area contributed by atoms with Crippen LogP contribution in [0.15, 0.2) is 53.4 Å². The monoisotopic (exact) mass is 487 g/mol. The molecular formula is C25H30FN3O4S. The maximum atomic E-state index is 13.9. The number of nitrogens with zero attached hydrogens (tertiary/aromatic N) is 2. The topological polar surface area (TPSA) is 86.8 Å². The Morgan fingerprint density at radius 2 is 1.53 bits per heavy atom. The van der Waals surface area contributed by atoms with E-state index in [9.17, 15) is 22.4 Å². The molecule has 2 aliphatic heterocycles. The van der Waals surface area contributed by atoms with Gasteiger partial charge in [-0.3, -0.25) is 14.3 Å². The summed E-state index contributed by atoms with van der Waals surface area (Å²) in [5.41, 5.74) is 0.0871. The zero-order valence-corrected chi connectivity index (χ0v) is 19.9. The van der Waals surface area contributed by atoms with Gasteiger partial charge in [-0.25, -0.2) is 12.8 Å². The minimum absolute atomic E-state index is 0.0705. The molecule has 2 amide bonds. The zero-order valence-electron chi connectivity index (χ0n) is 19.1. The standard InChI is InChI=1S/C25H30FN3O4S/c26-22-10-3-4-11-23(22)27-34(32,33)21-9-7-8-20(18-21)25(31)29-16-12-19(13-17-29)24(30)28-14-5-1-2-6-15-28/h3-4,7-11,18-19,27H,1-2,5-6,12-17H2. The molecule has 2 fully saturated rings. The van der Waals surface area contributed by atoms with Crippen molar-refractivity contribution in [1.82, 2.24) is 9.80 Å². The fourth-order valence-electron chi connectivity index (χ4n) is 4.61. The number of sulfonamides is 1. The quantitative estimate of drug-likeness (QED) is 0.694. The summed E-state index contributed by atoms with van der Waals surface area (Å²) in [4.78, 5) is 29.5. The van der Waals surface area contributed by atoms with Crippen LogP contribution in [0.4, 0.5) is 10.1 Å². The van der Waals surface area contributed by atoms with Crippen LogP contribution in [0.2, 0.25) is 0 Å². The summed E-state index contributed by atoms with van der Waals surface area (Å²) in [6, 6.07) is 11.2. The van der Waals surface area contributed by atoms with Crippen LogP contribution in [0.3, 0.4) is 0 Å². The van der Waals surface area contributed by atoms with Crippen LogP contribution in [-0.2, 0) is 14.8 Å². The van der Waals surface area contributed by atoms with E-state index in [0.29, 0.717) is 25.9 Å². The van der Waals surface area contributed by atoms with Crippen molar-refractivity contribution in [3.05, 3.63) is 59.9 Å². The second kappa shape index (κ2) is 10.5. The van der Waals surface area contributed by atoms with Crippen molar-refractivity contribution in [2.45, 2.75) is 43.4 Å². The molecule has 34 heavy (non-hydrogen) atoms. The lowest BCUT2D eigenvalue weighted by Crippen LogP contribution is -2.44. The number of carbonyl (C=O) groups excluding carboxylic acids is 2. The Morgan fingerprint density at radius 3 is 2.21 bits per heavy atom. The van der Waals surface area contributed by atoms with E-state index in [1.54, 1.807) is 11.0 Å². The summed E-state index contributed by atoms with van der Waals surface area (Å²) >= 11 is 0. The lowest BCUT2D eigenvalue weighted by molar-refractivity contribution is -0.136. The number of benzene rings is 2. The van der Waals surface area contributed by atoms with Gasteiger partial charge in [0.1, 0.15) is 5.82 Å². The van der Waals surface area contributed by atoms with Crippen LogP contribution in [0.25, 0.3) is 0 Å². The number of halogens is 1. The lowest BCUT2D eigenvalue weighted by atomic mass is 9.94. The number of hydrogen-bond acceptors (Lipinski definition) is 4. The number of rotatable bonds is 5. The Kier molecular flexibility index (Phi) is 7.50. The first kappa shape index (κ1) is 24.2. The highest BCUT2D eigenvalue weighted by Gasteiger charge is 2.31. The number of para-hydroxylation sites is 1. The first-order valence-corrected chi connectivity index (χ1v) is 13.3. The van der Waals surface area contributed by atoms with E-state index in [-0.39, 0.29) is 33.9 Å². The predicted molar refractivity (Wildman–Crippen MR) is 127 cm³/mol. The van der Waals surface area contributed by atoms with Gasteiger partial charge in [0.05, 0.1) is 10.6 Å². The molecule has 2 aromatic carbocycles. The van der Waals surface area contributed by atoms with Gasteiger partial charge in [0.2, 0.25) is 5.91 Å². The van der Waals surface area contributed by atoms with Crippen LogP contribution >= 0.6 is 0 Å². The van der Waals surface area contributed by atoms with Crippen molar-refractivity contribution in [2.75, 3.05) is 30.9 Å². The average molecular weight is 488 g/mol. The Morgan fingerprint density at radius 1 is 0.853 bits per heavy atom. The largest absolute Gasteiger partial charge is 0.342 e. The summed E-state index contributed by atoms with van der Waals surface area (Å²) in [6.07, 6.45) is 5.65. The Balaban J connectivity index is 1.40. The third-order valence-electron chi connectivity index (χ3n) is 6.56. The maximum Gasteiger partial charge on any atom is 0.262 e. The molecule has 1 N–H and O–H groups in total. The van der Waals surface area contributed by atoms with Gasteiger partial charge in [0.15, 0.2) is 0 Å². The number of amides is 2. The van der Waals surface area contributed by atoms with Crippen LogP contribution in [0.1, 0.15) is 48.9 Å². The minimum Gasteiger partial charge on any atom is -0.342 e. The molecule has 9 heteroatoms. The molecular weight excluding hydrogens is 457 g/mol. The van der Waals surface area contributed by atoms with Crippen LogP contribution in [-0.4, -0.2) is 56.2 Å². The fourth-order valence-corrected chi connectivity index (χ4v) is 5.72. The van der Waals surface area contributed by atoms with Gasteiger partial charge in [0, 0.05) is 37.7 Å². The number of piperidine rings is 1. The van der Waals surface area contributed by atoms with Gasteiger partial charge < -0.3 is 9.80 Å². The SMILES string of the molecule is O=C(c1cccc(S(=O)(=O)Nc2ccccc2F)c1)N1CCC(C(=O)N2CCCCCC2)CC1. The van der Waals surface area contributed by atoms with Crippen LogP contribution in [0.5, 0.6) is 0 Å². The molecule has 0 atom stereocenters. The van der Waals surface area contributed by atoms with Crippen LogP contribution in [0, 0.1) is 11.7 Å². The molecule has 2 aliphatic rings. The van der Waals surface area contributed by atoms with Crippen molar-refractivity contribution in [3.63, 3.8) is 0 Å². The highest BCUT2D eigenvalue weighted by Crippen LogP contribution is 2.24. The molecule has 0 radical (unpaired) electrons. The summed E-state index contributed by atoms with van der Waals surface area (Å²) in [5, 5.41) is 0. The molecule has 0 spiro atoms. The molecule has 0 aromatic heterocycles. The van der Waals surface area contributed by atoms with E-state index >= 15 is 0 Å². The van der Waals surface area contributed by atoms with E-state index in [0.717, 1.165) is 25.9 Å². The highest BCUT2D eigenvalue weighted by molar-refractivity contribution is 7.92. The second-order valence-electron chi connectivity index (χ2n) is 8.92. The summed E-state index contributed by atoms with van der Waals surface area (Å²) in [7, 11) is -4.07. The van der Waals surface area contributed by atoms with Gasteiger partial charge in [-0.05, 0) is 56.0 Å². The normalized spacial score (nSPS) is 17.8. The van der Waals surface area contributed by atoms with Gasteiger partial charge >= 0.3 is 0 Å². The molecule has 2 saturated heterocycles. The van der Waals surface area contributed by atoms with Crippen molar-refractivity contribution in [3.8, 4) is 0 Å². The predicted octanol–water partition coefficient (Wildman–Crippen LogP) is 3.88. The van der Waals surface area contributed by atoms with Gasteiger partial charge in [-0.15, -0.1) is 0 Å². The van der Waals surface area contributed by atoms with Gasteiger partial charge in [0.25, 0.3) is 15.9 Å². The molecule has 0 aliphatic carbocycles. The minimum atomic E-state index is -4.07. The second-order valence-corrected chi connectivity index (χ2v) is 10.6. The smallest absolute Gasteiger partial charge is 0.262 e. The molecule has 0 saturated carbocycles. The number of likely N-dealkylation sites (tertiary alicyclic amines) is 2. The molecule has 4 rings (SSSR count). The lowest BCUT2D eigenvalue weighted by Gasteiger charge is -2.34. The van der Waals surface area contributed by atoms with E-state index in [2.05, 4.69) is 4.72 Å². The molecule has 2 aromatic rings. The van der Waals surface area contributed by atoms with E-state index in [1.165, 1.54) is 55.3 Å². The van der Waals surface area contributed by atoms with Crippen molar-refractivity contribution < 1.29 is 22.4 Å². The number of nitrogens with one attached hydrogen (secondary N) is 1. The van der Waals surface area contributed by atoms with Crippen molar-refractivity contribution in [1.29, 1.82) is 0 Å². The van der Waals surface area contributed by atoms with Crippen molar-refractivity contribution in [2.24, 2.45) is 5.92 Å². The zero-order chi connectivity index (χ0) is 24.1. The summed E-state index contributed by atoms with van der Waals surface area (Å²) in [5.74, 6) is -0.834. The van der Waals surface area contributed by atoms with E-state index in [1.807, 2.05) is 4.90 Å². The number of anilines is 1. The number of hydrogen-bond donors (Lipinski definition) is 1. The molecule has 0 unspecified atom stereocenters. The molecule has 7 nitrogen and oxygen atoms in total. The van der Waals surface area contributed by atoms with Crippen LogP contribution < -0.4 is 4.72 Å². The molecule has 182 valence electrons. The Labute approximate surface area is 200 Å². The Bertz CT molecular complexity index is 1140. The van der Waals surface area contributed by atoms with Gasteiger partial charge in [-0.1, -0.05) is 31.0 Å².